The first-order chi connectivity index (χ1) is 11.7. The Kier molecular flexibility index (Phi) is 4.98. The van der Waals surface area contributed by atoms with Crippen LogP contribution >= 0.6 is 0 Å². The van der Waals surface area contributed by atoms with Gasteiger partial charge < -0.3 is 19.7 Å². The third-order valence-electron chi connectivity index (χ3n) is 3.98. The minimum atomic E-state index is 0.466. The molecule has 1 fully saturated rings. The molecule has 1 aliphatic rings. The molecule has 0 atom stereocenters. The van der Waals surface area contributed by atoms with Gasteiger partial charge in [0.15, 0.2) is 0 Å². The summed E-state index contributed by atoms with van der Waals surface area (Å²) in [4.78, 5) is 15.6. The topological polar surface area (TPSA) is 72.4 Å². The fourth-order valence-corrected chi connectivity index (χ4v) is 2.80. The van der Waals surface area contributed by atoms with E-state index in [0.29, 0.717) is 24.3 Å². The van der Waals surface area contributed by atoms with Gasteiger partial charge in [-0.05, 0) is 37.5 Å². The minimum absolute atomic E-state index is 0.466. The molecule has 2 aromatic heterocycles. The van der Waals surface area contributed by atoms with E-state index in [0.717, 1.165) is 30.2 Å². The maximum Gasteiger partial charge on any atom is 0.229 e. The Hall–Kier alpha value is -2.57. The molecule has 1 aliphatic heterocycles. The summed E-state index contributed by atoms with van der Waals surface area (Å²) in [5.41, 5.74) is 2.16. The lowest BCUT2D eigenvalue weighted by atomic mass is 10.2. The first-order valence-electron chi connectivity index (χ1n) is 8.11. The van der Waals surface area contributed by atoms with Crippen molar-refractivity contribution in [2.75, 3.05) is 37.5 Å². The maximum atomic E-state index is 5.17. The molecule has 0 radical (unpaired) electrons. The SMILES string of the molecule is COc1cc(OC)nc(NCc2cc(C)nc(N3CCCC3)c2)n1. The molecule has 3 heterocycles. The molecule has 1 N–H and O–H groups in total. The monoisotopic (exact) mass is 329 g/mol. The van der Waals surface area contributed by atoms with Crippen LogP contribution in [-0.4, -0.2) is 42.3 Å². The van der Waals surface area contributed by atoms with Crippen LogP contribution in [-0.2, 0) is 6.54 Å². The molecular weight excluding hydrogens is 306 g/mol. The Labute approximate surface area is 142 Å². The van der Waals surface area contributed by atoms with Gasteiger partial charge in [-0.1, -0.05) is 0 Å². The van der Waals surface area contributed by atoms with E-state index in [4.69, 9.17) is 9.47 Å². The van der Waals surface area contributed by atoms with E-state index >= 15 is 0 Å². The Morgan fingerprint density at radius 1 is 1.00 bits per heavy atom. The summed E-state index contributed by atoms with van der Waals surface area (Å²) in [5, 5.41) is 3.23. The highest BCUT2D eigenvalue weighted by Gasteiger charge is 2.14. The molecule has 1 saturated heterocycles. The third kappa shape index (κ3) is 3.84. The van der Waals surface area contributed by atoms with Gasteiger partial charge in [-0.2, -0.15) is 9.97 Å². The van der Waals surface area contributed by atoms with Gasteiger partial charge in [0.05, 0.1) is 20.3 Å². The average Bonchev–Trinajstić information content (AvgIpc) is 3.14. The van der Waals surface area contributed by atoms with Crippen LogP contribution in [0.4, 0.5) is 11.8 Å². The second-order valence-corrected chi connectivity index (χ2v) is 5.80. The number of nitrogens with zero attached hydrogens (tertiary/aromatic N) is 4. The lowest BCUT2D eigenvalue weighted by Gasteiger charge is -2.18. The zero-order valence-corrected chi connectivity index (χ0v) is 14.4. The number of rotatable bonds is 6. The van der Waals surface area contributed by atoms with Gasteiger partial charge in [0, 0.05) is 25.3 Å². The average molecular weight is 329 g/mol. The van der Waals surface area contributed by atoms with Crippen LogP contribution in [0.25, 0.3) is 0 Å². The van der Waals surface area contributed by atoms with Crippen LogP contribution < -0.4 is 19.7 Å². The fraction of sp³-hybridized carbons (Fsp3) is 0.471. The van der Waals surface area contributed by atoms with E-state index in [1.165, 1.54) is 12.8 Å². The van der Waals surface area contributed by atoms with Crippen LogP contribution in [0.5, 0.6) is 11.8 Å². The molecule has 3 rings (SSSR count). The van der Waals surface area contributed by atoms with Crippen LogP contribution in [0.2, 0.25) is 0 Å². The number of hydrogen-bond donors (Lipinski definition) is 1. The van der Waals surface area contributed by atoms with Gasteiger partial charge in [0.2, 0.25) is 17.7 Å². The Morgan fingerprint density at radius 2 is 1.67 bits per heavy atom. The molecule has 7 heteroatoms. The third-order valence-corrected chi connectivity index (χ3v) is 3.98. The van der Waals surface area contributed by atoms with Gasteiger partial charge in [0.1, 0.15) is 5.82 Å². The van der Waals surface area contributed by atoms with Crippen molar-refractivity contribution < 1.29 is 9.47 Å². The quantitative estimate of drug-likeness (QED) is 0.872. The van der Waals surface area contributed by atoms with Gasteiger partial charge in [-0.15, -0.1) is 0 Å². The fourth-order valence-electron chi connectivity index (χ4n) is 2.80. The molecular formula is C17H23N5O2. The molecule has 0 unspecified atom stereocenters. The van der Waals surface area contributed by atoms with E-state index in [1.807, 2.05) is 6.92 Å². The zero-order chi connectivity index (χ0) is 16.9. The predicted octanol–water partition coefficient (Wildman–Crippen LogP) is 2.41. The van der Waals surface area contributed by atoms with Crippen molar-refractivity contribution in [2.24, 2.45) is 0 Å². The van der Waals surface area contributed by atoms with E-state index in [1.54, 1.807) is 20.3 Å². The van der Waals surface area contributed by atoms with Crippen LogP contribution in [0.3, 0.4) is 0 Å². The van der Waals surface area contributed by atoms with Gasteiger partial charge >= 0.3 is 0 Å². The molecule has 0 aliphatic carbocycles. The van der Waals surface area contributed by atoms with Crippen LogP contribution in [0.1, 0.15) is 24.1 Å². The molecule has 0 aromatic carbocycles. The van der Waals surface area contributed by atoms with Crippen molar-refractivity contribution >= 4 is 11.8 Å². The highest BCUT2D eigenvalue weighted by molar-refractivity contribution is 5.44. The predicted molar refractivity (Wildman–Crippen MR) is 92.9 cm³/mol. The van der Waals surface area contributed by atoms with Crippen molar-refractivity contribution in [3.8, 4) is 11.8 Å². The van der Waals surface area contributed by atoms with E-state index in [9.17, 15) is 0 Å². The number of nitrogens with one attached hydrogen (secondary N) is 1. The molecule has 128 valence electrons. The smallest absolute Gasteiger partial charge is 0.229 e. The number of methoxy groups -OCH3 is 2. The number of hydrogen-bond acceptors (Lipinski definition) is 7. The zero-order valence-electron chi connectivity index (χ0n) is 14.4. The summed E-state index contributed by atoms with van der Waals surface area (Å²) in [7, 11) is 3.14. The molecule has 0 amide bonds. The number of pyridine rings is 1. The first-order valence-corrected chi connectivity index (χ1v) is 8.11. The van der Waals surface area contributed by atoms with E-state index in [2.05, 4.69) is 37.3 Å². The number of ether oxygens (including phenoxy) is 2. The Bertz CT molecular complexity index is 679. The maximum absolute atomic E-state index is 5.17. The summed E-state index contributed by atoms with van der Waals surface area (Å²) < 4.78 is 10.3. The summed E-state index contributed by atoms with van der Waals surface area (Å²) in [6.45, 7) is 4.80. The van der Waals surface area contributed by atoms with Crippen molar-refractivity contribution in [3.05, 3.63) is 29.5 Å². The van der Waals surface area contributed by atoms with Crippen LogP contribution in [0, 0.1) is 6.92 Å². The molecule has 0 spiro atoms. The van der Waals surface area contributed by atoms with Gasteiger partial charge in [0.25, 0.3) is 0 Å². The summed E-state index contributed by atoms with van der Waals surface area (Å²) in [6, 6.07) is 5.85. The largest absolute Gasteiger partial charge is 0.481 e. The lowest BCUT2D eigenvalue weighted by molar-refractivity contribution is 0.373. The first kappa shape index (κ1) is 16.3. The van der Waals surface area contributed by atoms with Gasteiger partial charge in [-0.25, -0.2) is 4.98 Å². The highest BCUT2D eigenvalue weighted by atomic mass is 16.5. The van der Waals surface area contributed by atoms with Crippen molar-refractivity contribution in [2.45, 2.75) is 26.3 Å². The van der Waals surface area contributed by atoms with E-state index in [-0.39, 0.29) is 0 Å². The molecule has 0 saturated carbocycles. The minimum Gasteiger partial charge on any atom is -0.481 e. The molecule has 2 aromatic rings. The molecule has 0 bridgehead atoms. The highest BCUT2D eigenvalue weighted by Crippen LogP contribution is 2.21. The number of aromatic nitrogens is 3. The van der Waals surface area contributed by atoms with Crippen LogP contribution in [0.15, 0.2) is 18.2 Å². The molecule has 24 heavy (non-hydrogen) atoms. The lowest BCUT2D eigenvalue weighted by Crippen LogP contribution is -2.19. The summed E-state index contributed by atoms with van der Waals surface area (Å²) in [5.74, 6) is 2.46. The summed E-state index contributed by atoms with van der Waals surface area (Å²) >= 11 is 0. The second-order valence-electron chi connectivity index (χ2n) is 5.80. The normalized spacial score (nSPS) is 13.9. The van der Waals surface area contributed by atoms with Crippen molar-refractivity contribution in [1.29, 1.82) is 0 Å². The number of anilines is 2. The molecule has 7 nitrogen and oxygen atoms in total. The summed E-state index contributed by atoms with van der Waals surface area (Å²) in [6.07, 6.45) is 2.47. The van der Waals surface area contributed by atoms with E-state index < -0.39 is 0 Å². The second kappa shape index (κ2) is 7.33. The standard InChI is InChI=1S/C17H23N5O2/c1-12-8-13(9-14(19-12)22-6-4-5-7-22)11-18-17-20-15(23-2)10-16(21-17)24-3/h8-10H,4-7,11H2,1-3H3,(H,18,20,21). The van der Waals surface area contributed by atoms with Gasteiger partial charge in [-0.3, -0.25) is 0 Å². The Morgan fingerprint density at radius 3 is 2.29 bits per heavy atom. The van der Waals surface area contributed by atoms with Crippen molar-refractivity contribution in [3.63, 3.8) is 0 Å². The number of aryl methyl sites for hydroxylation is 1. The van der Waals surface area contributed by atoms with Crippen molar-refractivity contribution in [1.82, 2.24) is 15.0 Å². The Balaban J connectivity index is 1.74.